The number of hydrogen-bond acceptors (Lipinski definition) is 6. The van der Waals surface area contributed by atoms with Crippen LogP contribution in [-0.2, 0) is 4.74 Å². The molecule has 7 heteroatoms. The maximum Gasteiger partial charge on any atom is 0.130 e. The first-order chi connectivity index (χ1) is 13.8. The lowest BCUT2D eigenvalue weighted by Crippen LogP contribution is -2.36. The van der Waals surface area contributed by atoms with Crippen LogP contribution in [0.2, 0.25) is 0 Å². The first-order valence-corrected chi connectivity index (χ1v) is 9.34. The van der Waals surface area contributed by atoms with Gasteiger partial charge < -0.3 is 9.64 Å². The molecule has 5 heterocycles. The van der Waals surface area contributed by atoms with E-state index >= 15 is 0 Å². The third kappa shape index (κ3) is 2.90. The number of nitrogens with zero attached hydrogens (tertiary/aromatic N) is 5. The quantitative estimate of drug-likeness (QED) is 0.595. The van der Waals surface area contributed by atoms with E-state index in [-0.39, 0.29) is 0 Å². The molecule has 4 aromatic heterocycles. The monoisotopic (exact) mass is 372 g/mol. The SMILES string of the molecule is Cc1cnccc1-c1cc(N2CCOCC2)nc2c(-c3ccn[nH]3)nccc12. The van der Waals surface area contributed by atoms with Crippen LogP contribution in [0.3, 0.4) is 0 Å². The molecule has 0 atom stereocenters. The molecule has 0 amide bonds. The number of nitrogens with one attached hydrogen (secondary N) is 1. The molecule has 28 heavy (non-hydrogen) atoms. The summed E-state index contributed by atoms with van der Waals surface area (Å²) in [5, 5.41) is 8.16. The van der Waals surface area contributed by atoms with Crippen LogP contribution < -0.4 is 4.90 Å². The standard InChI is InChI=1S/C21H20N6O/c1-14-13-22-5-2-15(14)17-12-19(27-8-10-28-11-9-27)25-20-16(17)3-6-23-21(20)18-4-7-24-26-18/h2-7,12-13H,8-11H2,1H3,(H,24,26). The zero-order valence-electron chi connectivity index (χ0n) is 15.6. The zero-order valence-corrected chi connectivity index (χ0v) is 15.6. The molecular weight excluding hydrogens is 352 g/mol. The van der Waals surface area contributed by atoms with Crippen molar-refractivity contribution in [3.8, 4) is 22.5 Å². The van der Waals surface area contributed by atoms with E-state index in [1.165, 1.54) is 0 Å². The molecule has 0 aromatic carbocycles. The zero-order chi connectivity index (χ0) is 18.9. The number of rotatable bonds is 3. The second kappa shape index (κ2) is 7.01. The molecule has 5 rings (SSSR count). The van der Waals surface area contributed by atoms with E-state index in [1.54, 1.807) is 6.20 Å². The van der Waals surface area contributed by atoms with Crippen LogP contribution in [-0.4, -0.2) is 51.5 Å². The number of hydrogen-bond donors (Lipinski definition) is 1. The Balaban J connectivity index is 1.80. The van der Waals surface area contributed by atoms with Gasteiger partial charge in [0.05, 0.1) is 18.9 Å². The summed E-state index contributed by atoms with van der Waals surface area (Å²) in [6, 6.07) is 8.18. The molecule has 7 nitrogen and oxygen atoms in total. The summed E-state index contributed by atoms with van der Waals surface area (Å²) < 4.78 is 5.52. The molecule has 0 saturated carbocycles. The summed E-state index contributed by atoms with van der Waals surface area (Å²) in [6.45, 7) is 5.16. The van der Waals surface area contributed by atoms with Crippen molar-refractivity contribution in [2.45, 2.75) is 6.92 Å². The summed E-state index contributed by atoms with van der Waals surface area (Å²) in [4.78, 5) is 16.1. The van der Waals surface area contributed by atoms with E-state index in [2.05, 4.69) is 44.1 Å². The molecule has 0 spiro atoms. The van der Waals surface area contributed by atoms with Crippen LogP contribution in [0.1, 0.15) is 5.56 Å². The van der Waals surface area contributed by atoms with Gasteiger partial charge in [-0.3, -0.25) is 15.1 Å². The van der Waals surface area contributed by atoms with Gasteiger partial charge in [-0.15, -0.1) is 0 Å². The second-order valence-electron chi connectivity index (χ2n) is 6.84. The van der Waals surface area contributed by atoms with Crippen molar-refractivity contribution in [3.05, 3.63) is 54.6 Å². The maximum absolute atomic E-state index is 5.52. The number of H-pyrrole nitrogens is 1. The van der Waals surface area contributed by atoms with Gasteiger partial charge in [-0.25, -0.2) is 4.98 Å². The number of aromatic amines is 1. The Labute approximate surface area is 162 Å². The molecule has 1 N–H and O–H groups in total. The summed E-state index contributed by atoms with van der Waals surface area (Å²) in [5.74, 6) is 0.941. The van der Waals surface area contributed by atoms with Crippen molar-refractivity contribution in [2.24, 2.45) is 0 Å². The molecule has 1 fully saturated rings. The van der Waals surface area contributed by atoms with Crippen molar-refractivity contribution in [2.75, 3.05) is 31.2 Å². The Morgan fingerprint density at radius 1 is 1.04 bits per heavy atom. The predicted octanol–water partition coefficient (Wildman–Crippen LogP) is 3.23. The van der Waals surface area contributed by atoms with Crippen LogP contribution in [0.5, 0.6) is 0 Å². The third-order valence-electron chi connectivity index (χ3n) is 5.12. The minimum atomic E-state index is 0.712. The smallest absolute Gasteiger partial charge is 0.130 e. The topological polar surface area (TPSA) is 79.8 Å². The largest absolute Gasteiger partial charge is 0.378 e. The van der Waals surface area contributed by atoms with E-state index in [4.69, 9.17) is 9.72 Å². The average Bonchev–Trinajstić information content (AvgIpc) is 3.28. The molecule has 4 aromatic rings. The Morgan fingerprint density at radius 3 is 2.71 bits per heavy atom. The van der Waals surface area contributed by atoms with Crippen molar-refractivity contribution < 1.29 is 4.74 Å². The van der Waals surface area contributed by atoms with Crippen LogP contribution in [0.15, 0.2) is 49.1 Å². The van der Waals surface area contributed by atoms with E-state index in [1.807, 2.05) is 30.7 Å². The fraction of sp³-hybridized carbons (Fsp3) is 0.238. The molecule has 1 aliphatic rings. The van der Waals surface area contributed by atoms with Crippen LogP contribution in [0.4, 0.5) is 5.82 Å². The van der Waals surface area contributed by atoms with Gasteiger partial charge in [0.2, 0.25) is 0 Å². The Hall–Kier alpha value is -3.32. The number of aromatic nitrogens is 5. The average molecular weight is 372 g/mol. The van der Waals surface area contributed by atoms with Crippen molar-refractivity contribution in [1.82, 2.24) is 25.1 Å². The van der Waals surface area contributed by atoms with E-state index in [9.17, 15) is 0 Å². The molecule has 1 aliphatic heterocycles. The molecule has 140 valence electrons. The van der Waals surface area contributed by atoms with Crippen LogP contribution >= 0.6 is 0 Å². The summed E-state index contributed by atoms with van der Waals surface area (Å²) in [6.07, 6.45) is 7.29. The maximum atomic E-state index is 5.52. The Kier molecular flexibility index (Phi) is 4.21. The summed E-state index contributed by atoms with van der Waals surface area (Å²) in [5.41, 5.74) is 5.94. The third-order valence-corrected chi connectivity index (χ3v) is 5.12. The van der Waals surface area contributed by atoms with E-state index in [0.717, 1.165) is 57.9 Å². The normalized spacial score (nSPS) is 14.5. The Bertz CT molecular complexity index is 1120. The minimum absolute atomic E-state index is 0.712. The van der Waals surface area contributed by atoms with Crippen molar-refractivity contribution in [3.63, 3.8) is 0 Å². The highest BCUT2D eigenvalue weighted by Crippen LogP contribution is 2.35. The molecule has 1 saturated heterocycles. The number of fused-ring (bicyclic) bond motifs is 1. The summed E-state index contributed by atoms with van der Waals surface area (Å²) in [7, 11) is 0. The van der Waals surface area contributed by atoms with Gasteiger partial charge in [0.15, 0.2) is 0 Å². The highest BCUT2D eigenvalue weighted by molar-refractivity contribution is 6.01. The lowest BCUT2D eigenvalue weighted by atomic mass is 9.98. The lowest BCUT2D eigenvalue weighted by Gasteiger charge is -2.28. The van der Waals surface area contributed by atoms with Gasteiger partial charge in [0, 0.05) is 43.3 Å². The number of ether oxygens (including phenoxy) is 1. The molecular formula is C21H20N6O. The predicted molar refractivity (Wildman–Crippen MR) is 108 cm³/mol. The highest BCUT2D eigenvalue weighted by atomic mass is 16.5. The number of pyridine rings is 3. The van der Waals surface area contributed by atoms with Gasteiger partial charge in [0.1, 0.15) is 17.0 Å². The fourth-order valence-electron chi connectivity index (χ4n) is 3.68. The molecule has 0 radical (unpaired) electrons. The van der Waals surface area contributed by atoms with Gasteiger partial charge in [-0.05, 0) is 47.9 Å². The highest BCUT2D eigenvalue weighted by Gasteiger charge is 2.19. The number of morpholine rings is 1. The number of anilines is 1. The Morgan fingerprint density at radius 2 is 1.93 bits per heavy atom. The minimum Gasteiger partial charge on any atom is -0.378 e. The van der Waals surface area contributed by atoms with Gasteiger partial charge in [-0.2, -0.15) is 5.10 Å². The molecule has 0 bridgehead atoms. The van der Waals surface area contributed by atoms with E-state index in [0.29, 0.717) is 13.2 Å². The van der Waals surface area contributed by atoms with Crippen molar-refractivity contribution in [1.29, 1.82) is 0 Å². The van der Waals surface area contributed by atoms with Crippen LogP contribution in [0.25, 0.3) is 33.4 Å². The first-order valence-electron chi connectivity index (χ1n) is 9.34. The molecule has 0 unspecified atom stereocenters. The van der Waals surface area contributed by atoms with Crippen molar-refractivity contribution >= 4 is 16.7 Å². The second-order valence-corrected chi connectivity index (χ2v) is 6.84. The van der Waals surface area contributed by atoms with Gasteiger partial charge >= 0.3 is 0 Å². The number of aryl methyl sites for hydroxylation is 1. The van der Waals surface area contributed by atoms with Crippen LogP contribution in [0, 0.1) is 6.92 Å². The first kappa shape index (κ1) is 16.8. The molecule has 0 aliphatic carbocycles. The lowest BCUT2D eigenvalue weighted by molar-refractivity contribution is 0.122. The van der Waals surface area contributed by atoms with Gasteiger partial charge in [0.25, 0.3) is 0 Å². The van der Waals surface area contributed by atoms with Gasteiger partial charge in [-0.1, -0.05) is 0 Å². The van der Waals surface area contributed by atoms with E-state index < -0.39 is 0 Å². The summed E-state index contributed by atoms with van der Waals surface area (Å²) >= 11 is 0. The fourth-order valence-corrected chi connectivity index (χ4v) is 3.68.